The SMILES string of the molecule is COc1ccc(CNC(=O)c2csc3c2CCCC3)cc1OC. The molecule has 5 heteroatoms. The first-order valence-corrected chi connectivity index (χ1v) is 8.69. The van der Waals surface area contributed by atoms with Crippen LogP contribution >= 0.6 is 11.3 Å². The zero-order chi connectivity index (χ0) is 16.2. The van der Waals surface area contributed by atoms with Crippen molar-refractivity contribution in [2.24, 2.45) is 0 Å². The third-order valence-electron chi connectivity index (χ3n) is 4.21. The smallest absolute Gasteiger partial charge is 0.252 e. The summed E-state index contributed by atoms with van der Waals surface area (Å²) in [4.78, 5) is 13.9. The van der Waals surface area contributed by atoms with E-state index in [4.69, 9.17) is 9.47 Å². The number of fused-ring (bicyclic) bond motifs is 1. The fourth-order valence-corrected chi connectivity index (χ4v) is 4.08. The van der Waals surface area contributed by atoms with Gasteiger partial charge in [0, 0.05) is 16.8 Å². The second-order valence-corrected chi connectivity index (χ2v) is 6.59. The van der Waals surface area contributed by atoms with Crippen LogP contribution in [0, 0.1) is 0 Å². The van der Waals surface area contributed by atoms with Gasteiger partial charge >= 0.3 is 0 Å². The molecule has 4 nitrogen and oxygen atoms in total. The quantitative estimate of drug-likeness (QED) is 0.911. The summed E-state index contributed by atoms with van der Waals surface area (Å²) in [6.45, 7) is 0.476. The summed E-state index contributed by atoms with van der Waals surface area (Å²) in [5, 5.41) is 5.01. The Balaban J connectivity index is 1.68. The van der Waals surface area contributed by atoms with E-state index in [0.717, 1.165) is 24.0 Å². The minimum atomic E-state index is 0.0131. The molecule has 23 heavy (non-hydrogen) atoms. The highest BCUT2D eigenvalue weighted by Crippen LogP contribution is 2.30. The summed E-state index contributed by atoms with van der Waals surface area (Å²) in [6.07, 6.45) is 4.56. The van der Waals surface area contributed by atoms with E-state index >= 15 is 0 Å². The summed E-state index contributed by atoms with van der Waals surface area (Å²) in [6, 6.07) is 5.68. The van der Waals surface area contributed by atoms with E-state index in [1.807, 2.05) is 23.6 Å². The molecule has 0 unspecified atom stereocenters. The van der Waals surface area contributed by atoms with Gasteiger partial charge in [-0.1, -0.05) is 6.07 Å². The van der Waals surface area contributed by atoms with Gasteiger partial charge in [0.1, 0.15) is 0 Å². The predicted molar refractivity (Wildman–Crippen MR) is 91.7 cm³/mol. The van der Waals surface area contributed by atoms with Crippen molar-refractivity contribution < 1.29 is 14.3 Å². The van der Waals surface area contributed by atoms with Crippen LogP contribution in [0.5, 0.6) is 11.5 Å². The van der Waals surface area contributed by atoms with Gasteiger partial charge in [-0.2, -0.15) is 0 Å². The Bertz CT molecular complexity index is 708. The molecule has 1 aliphatic rings. The number of aryl methyl sites for hydroxylation is 1. The molecule has 0 saturated heterocycles. The number of benzene rings is 1. The third-order valence-corrected chi connectivity index (χ3v) is 5.30. The highest BCUT2D eigenvalue weighted by molar-refractivity contribution is 7.10. The Hall–Kier alpha value is -2.01. The molecule has 1 aliphatic carbocycles. The Morgan fingerprint density at radius 2 is 1.96 bits per heavy atom. The van der Waals surface area contributed by atoms with Crippen LogP contribution < -0.4 is 14.8 Å². The highest BCUT2D eigenvalue weighted by atomic mass is 32.1. The van der Waals surface area contributed by atoms with Crippen LogP contribution in [0.15, 0.2) is 23.6 Å². The number of hydrogen-bond acceptors (Lipinski definition) is 4. The maximum atomic E-state index is 12.5. The summed E-state index contributed by atoms with van der Waals surface area (Å²) in [5.74, 6) is 1.38. The zero-order valence-corrected chi connectivity index (χ0v) is 14.3. The number of rotatable bonds is 5. The molecule has 1 aromatic carbocycles. The maximum Gasteiger partial charge on any atom is 0.252 e. The lowest BCUT2D eigenvalue weighted by Crippen LogP contribution is -2.23. The molecular weight excluding hydrogens is 310 g/mol. The molecule has 122 valence electrons. The second-order valence-electron chi connectivity index (χ2n) is 5.63. The number of carbonyl (C=O) groups is 1. The van der Waals surface area contributed by atoms with Crippen LogP contribution in [-0.4, -0.2) is 20.1 Å². The van der Waals surface area contributed by atoms with Crippen LogP contribution in [-0.2, 0) is 19.4 Å². The lowest BCUT2D eigenvalue weighted by Gasteiger charge is -2.13. The van der Waals surface area contributed by atoms with Crippen molar-refractivity contribution in [2.75, 3.05) is 14.2 Å². The molecule has 0 spiro atoms. The number of hydrogen-bond donors (Lipinski definition) is 1. The van der Waals surface area contributed by atoms with Crippen molar-refractivity contribution in [2.45, 2.75) is 32.2 Å². The fraction of sp³-hybridized carbons (Fsp3) is 0.389. The summed E-state index contributed by atoms with van der Waals surface area (Å²) < 4.78 is 10.5. The molecule has 1 aromatic heterocycles. The van der Waals surface area contributed by atoms with Gasteiger partial charge in [-0.25, -0.2) is 0 Å². The fourth-order valence-electron chi connectivity index (χ4n) is 2.95. The Morgan fingerprint density at radius 3 is 2.74 bits per heavy atom. The highest BCUT2D eigenvalue weighted by Gasteiger charge is 2.19. The number of ether oxygens (including phenoxy) is 2. The average Bonchev–Trinajstić information content (AvgIpc) is 3.03. The van der Waals surface area contributed by atoms with Crippen LogP contribution in [0.1, 0.15) is 39.2 Å². The average molecular weight is 331 g/mol. The van der Waals surface area contributed by atoms with Crippen LogP contribution in [0.2, 0.25) is 0 Å². The minimum Gasteiger partial charge on any atom is -0.493 e. The number of methoxy groups -OCH3 is 2. The third kappa shape index (κ3) is 3.34. The molecule has 1 N–H and O–H groups in total. The summed E-state index contributed by atoms with van der Waals surface area (Å²) in [5.41, 5.74) is 3.09. The van der Waals surface area contributed by atoms with Crippen molar-refractivity contribution in [3.8, 4) is 11.5 Å². The van der Waals surface area contributed by atoms with Gasteiger partial charge in [0.2, 0.25) is 0 Å². The van der Waals surface area contributed by atoms with E-state index in [1.165, 1.54) is 23.3 Å². The Labute approximate surface area is 140 Å². The van der Waals surface area contributed by atoms with Gasteiger partial charge in [0.05, 0.1) is 19.8 Å². The number of nitrogens with one attached hydrogen (secondary N) is 1. The van der Waals surface area contributed by atoms with Gasteiger partial charge < -0.3 is 14.8 Å². The summed E-state index contributed by atoms with van der Waals surface area (Å²) in [7, 11) is 3.22. The van der Waals surface area contributed by atoms with Gasteiger partial charge in [-0.15, -0.1) is 11.3 Å². The molecule has 3 rings (SSSR count). The standard InChI is InChI=1S/C18H21NO3S/c1-21-15-8-7-12(9-16(15)22-2)10-19-18(20)14-11-23-17-6-4-3-5-13(14)17/h7-9,11H,3-6,10H2,1-2H3,(H,19,20). The predicted octanol–water partition coefficient (Wildman–Crippen LogP) is 3.57. The molecule has 0 radical (unpaired) electrons. The number of thiophene rings is 1. The first kappa shape index (κ1) is 15.9. The lowest BCUT2D eigenvalue weighted by atomic mass is 9.95. The van der Waals surface area contributed by atoms with E-state index in [9.17, 15) is 4.79 Å². The van der Waals surface area contributed by atoms with Crippen molar-refractivity contribution in [3.05, 3.63) is 45.1 Å². The Kier molecular flexibility index (Phi) is 4.86. The van der Waals surface area contributed by atoms with E-state index < -0.39 is 0 Å². The van der Waals surface area contributed by atoms with E-state index in [0.29, 0.717) is 18.0 Å². The molecule has 0 atom stereocenters. The van der Waals surface area contributed by atoms with Crippen LogP contribution in [0.4, 0.5) is 0 Å². The molecule has 0 fully saturated rings. The molecule has 0 saturated carbocycles. The molecule has 0 bridgehead atoms. The molecule has 1 amide bonds. The van der Waals surface area contributed by atoms with E-state index in [-0.39, 0.29) is 5.91 Å². The molecule has 1 heterocycles. The van der Waals surface area contributed by atoms with Gasteiger partial charge in [0.15, 0.2) is 11.5 Å². The van der Waals surface area contributed by atoms with Gasteiger partial charge in [0.25, 0.3) is 5.91 Å². The first-order chi connectivity index (χ1) is 11.2. The largest absolute Gasteiger partial charge is 0.493 e. The number of carbonyl (C=O) groups excluding carboxylic acids is 1. The van der Waals surface area contributed by atoms with E-state index in [2.05, 4.69) is 5.32 Å². The van der Waals surface area contributed by atoms with E-state index in [1.54, 1.807) is 25.6 Å². The monoisotopic (exact) mass is 331 g/mol. The minimum absolute atomic E-state index is 0.0131. The Morgan fingerprint density at radius 1 is 1.17 bits per heavy atom. The summed E-state index contributed by atoms with van der Waals surface area (Å²) >= 11 is 1.72. The maximum absolute atomic E-state index is 12.5. The van der Waals surface area contributed by atoms with Crippen molar-refractivity contribution in [1.82, 2.24) is 5.32 Å². The van der Waals surface area contributed by atoms with Crippen molar-refractivity contribution in [3.63, 3.8) is 0 Å². The molecule has 0 aliphatic heterocycles. The van der Waals surface area contributed by atoms with Gasteiger partial charge in [-0.05, 0) is 48.9 Å². The van der Waals surface area contributed by atoms with Crippen molar-refractivity contribution in [1.29, 1.82) is 0 Å². The molecular formula is C18H21NO3S. The first-order valence-electron chi connectivity index (χ1n) is 7.81. The second kappa shape index (κ2) is 7.04. The topological polar surface area (TPSA) is 47.6 Å². The number of amides is 1. The lowest BCUT2D eigenvalue weighted by molar-refractivity contribution is 0.0950. The van der Waals surface area contributed by atoms with Crippen LogP contribution in [0.25, 0.3) is 0 Å². The zero-order valence-electron chi connectivity index (χ0n) is 13.5. The molecule has 2 aromatic rings. The van der Waals surface area contributed by atoms with Gasteiger partial charge in [-0.3, -0.25) is 4.79 Å². The van der Waals surface area contributed by atoms with Crippen LogP contribution in [0.3, 0.4) is 0 Å². The van der Waals surface area contributed by atoms with Crippen molar-refractivity contribution >= 4 is 17.2 Å². The normalized spacial score (nSPS) is 13.3.